The Morgan fingerprint density at radius 1 is 1.33 bits per heavy atom. The van der Waals surface area contributed by atoms with Crippen molar-refractivity contribution in [2.24, 2.45) is 0 Å². The Balaban J connectivity index is 1.75. The first-order valence-electron chi connectivity index (χ1n) is 8.93. The number of fused-ring (bicyclic) bond motifs is 1. The maximum atomic E-state index is 12.3. The van der Waals surface area contributed by atoms with Gasteiger partial charge in [0.25, 0.3) is 0 Å². The Hall–Kier alpha value is -2.77. The summed E-state index contributed by atoms with van der Waals surface area (Å²) in [6.07, 6.45) is 1.81. The first-order valence-corrected chi connectivity index (χ1v) is 8.93. The highest BCUT2D eigenvalue weighted by Gasteiger charge is 2.36. The topological polar surface area (TPSA) is 93.4 Å². The van der Waals surface area contributed by atoms with E-state index in [4.69, 9.17) is 9.47 Å². The summed E-state index contributed by atoms with van der Waals surface area (Å²) in [5.41, 5.74) is 0.543. The van der Waals surface area contributed by atoms with Crippen molar-refractivity contribution in [3.05, 3.63) is 29.6 Å². The average molecular weight is 375 g/mol. The third-order valence-corrected chi connectivity index (χ3v) is 4.46. The summed E-state index contributed by atoms with van der Waals surface area (Å²) in [4.78, 5) is 25.5. The van der Waals surface area contributed by atoms with Crippen molar-refractivity contribution in [1.82, 2.24) is 14.5 Å². The van der Waals surface area contributed by atoms with Crippen molar-refractivity contribution in [2.75, 3.05) is 6.54 Å². The molecular formula is C19H25N3O5. The van der Waals surface area contributed by atoms with Crippen LogP contribution in [0.2, 0.25) is 0 Å². The van der Waals surface area contributed by atoms with E-state index < -0.39 is 11.6 Å². The first kappa shape index (κ1) is 19.0. The largest absolute Gasteiger partial charge is 0.488 e. The van der Waals surface area contributed by atoms with Gasteiger partial charge in [-0.1, -0.05) is 0 Å². The molecule has 0 aliphatic carbocycles. The molecule has 0 unspecified atom stereocenters. The van der Waals surface area contributed by atoms with Crippen LogP contribution in [0.3, 0.4) is 0 Å². The van der Waals surface area contributed by atoms with Gasteiger partial charge in [-0.15, -0.1) is 0 Å². The van der Waals surface area contributed by atoms with Crippen LogP contribution < -0.4 is 4.74 Å². The van der Waals surface area contributed by atoms with E-state index in [9.17, 15) is 14.7 Å². The number of aryl methyl sites for hydroxylation is 1. The molecule has 146 valence electrons. The number of aromatic carboxylic acids is 1. The fourth-order valence-corrected chi connectivity index (χ4v) is 3.32. The number of rotatable bonds is 3. The monoisotopic (exact) mass is 375 g/mol. The molecule has 1 saturated heterocycles. The number of hydrogen-bond donors (Lipinski definition) is 1. The fourth-order valence-electron chi connectivity index (χ4n) is 3.32. The van der Waals surface area contributed by atoms with E-state index in [1.165, 1.54) is 4.52 Å². The molecule has 1 N–H and O–H groups in total. The van der Waals surface area contributed by atoms with Crippen molar-refractivity contribution in [2.45, 2.75) is 58.8 Å². The van der Waals surface area contributed by atoms with Crippen molar-refractivity contribution >= 4 is 17.6 Å². The fraction of sp³-hybridized carbons (Fsp3) is 0.526. The molecule has 3 heterocycles. The number of nitrogens with zero attached hydrogens (tertiary/aromatic N) is 3. The molecule has 0 saturated carbocycles. The zero-order valence-corrected chi connectivity index (χ0v) is 16.2. The van der Waals surface area contributed by atoms with Crippen LogP contribution in [0.15, 0.2) is 18.3 Å². The molecule has 0 bridgehead atoms. The van der Waals surface area contributed by atoms with Crippen LogP contribution in [0.25, 0.3) is 5.52 Å². The molecule has 8 nitrogen and oxygen atoms in total. The maximum absolute atomic E-state index is 12.3. The molecule has 1 fully saturated rings. The number of carboxylic acids is 1. The number of carbonyl (C=O) groups excluding carboxylic acids is 1. The van der Waals surface area contributed by atoms with E-state index in [0.29, 0.717) is 29.9 Å². The SMILES string of the molecule is Cc1nn2ccc(O[C@@H]3C[C@H](C)N(C(=O)OC(C)(C)C)C3)cc2c1C(=O)O. The van der Waals surface area contributed by atoms with E-state index in [-0.39, 0.29) is 23.8 Å². The summed E-state index contributed by atoms with van der Waals surface area (Å²) in [5, 5.41) is 13.6. The Kier molecular flexibility index (Phi) is 4.75. The van der Waals surface area contributed by atoms with Crippen LogP contribution >= 0.6 is 0 Å². The molecule has 27 heavy (non-hydrogen) atoms. The molecular weight excluding hydrogens is 350 g/mol. The van der Waals surface area contributed by atoms with E-state index in [1.54, 1.807) is 30.2 Å². The van der Waals surface area contributed by atoms with E-state index >= 15 is 0 Å². The van der Waals surface area contributed by atoms with Crippen LogP contribution in [0.1, 0.15) is 50.2 Å². The molecule has 8 heteroatoms. The van der Waals surface area contributed by atoms with Crippen LogP contribution in [-0.2, 0) is 4.74 Å². The van der Waals surface area contributed by atoms with Gasteiger partial charge in [0.1, 0.15) is 23.0 Å². The minimum atomic E-state index is -1.02. The summed E-state index contributed by atoms with van der Waals surface area (Å²) < 4.78 is 13.0. The highest BCUT2D eigenvalue weighted by Crippen LogP contribution is 2.26. The minimum absolute atomic E-state index is 0.000345. The number of aromatic nitrogens is 2. The number of carbonyl (C=O) groups is 2. The number of likely N-dealkylation sites (tertiary alicyclic amines) is 1. The lowest BCUT2D eigenvalue weighted by Crippen LogP contribution is -2.39. The van der Waals surface area contributed by atoms with E-state index in [1.807, 2.05) is 27.7 Å². The summed E-state index contributed by atoms with van der Waals surface area (Å²) in [5.74, 6) is -0.474. The predicted molar refractivity (Wildman–Crippen MR) is 98.3 cm³/mol. The van der Waals surface area contributed by atoms with Gasteiger partial charge >= 0.3 is 12.1 Å². The Morgan fingerprint density at radius 3 is 2.67 bits per heavy atom. The summed E-state index contributed by atoms with van der Waals surface area (Å²) in [6.45, 7) is 9.55. The molecule has 1 amide bonds. The number of amides is 1. The average Bonchev–Trinajstić information content (AvgIpc) is 3.04. The van der Waals surface area contributed by atoms with Gasteiger partial charge < -0.3 is 19.5 Å². The summed E-state index contributed by atoms with van der Waals surface area (Å²) in [7, 11) is 0. The third-order valence-electron chi connectivity index (χ3n) is 4.46. The van der Waals surface area contributed by atoms with Crippen molar-refractivity contribution in [1.29, 1.82) is 0 Å². The summed E-state index contributed by atoms with van der Waals surface area (Å²) >= 11 is 0. The standard InChI is InChI=1S/C19H25N3O5/c1-11-8-14(10-21(11)18(25)27-19(3,4)5)26-13-6-7-22-15(9-13)16(17(23)24)12(2)20-22/h6-7,9,11,14H,8,10H2,1-5H3,(H,23,24)/t11-,14+/m0/s1. The number of ether oxygens (including phenoxy) is 2. The summed E-state index contributed by atoms with van der Waals surface area (Å²) in [6, 6.07) is 3.41. The number of carboxylic acid groups (broad SMARTS) is 1. The van der Waals surface area contributed by atoms with Gasteiger partial charge in [-0.3, -0.25) is 0 Å². The first-order chi connectivity index (χ1) is 12.5. The second kappa shape index (κ2) is 6.75. The van der Waals surface area contributed by atoms with E-state index in [0.717, 1.165) is 0 Å². The predicted octanol–water partition coefficient (Wildman–Crippen LogP) is 3.12. The zero-order chi connectivity index (χ0) is 19.9. The second-order valence-corrected chi connectivity index (χ2v) is 7.92. The van der Waals surface area contributed by atoms with Crippen molar-refractivity contribution < 1.29 is 24.2 Å². The quantitative estimate of drug-likeness (QED) is 0.886. The third kappa shape index (κ3) is 3.99. The van der Waals surface area contributed by atoms with Gasteiger partial charge in [0.05, 0.1) is 17.8 Å². The molecule has 0 aromatic carbocycles. The molecule has 0 radical (unpaired) electrons. The van der Waals surface area contributed by atoms with Crippen molar-refractivity contribution in [3.8, 4) is 5.75 Å². The van der Waals surface area contributed by atoms with Gasteiger partial charge in [-0.25, -0.2) is 14.1 Å². The number of pyridine rings is 1. The van der Waals surface area contributed by atoms with Gasteiger partial charge in [-0.2, -0.15) is 5.10 Å². The van der Waals surface area contributed by atoms with Crippen molar-refractivity contribution in [3.63, 3.8) is 0 Å². The van der Waals surface area contributed by atoms with Crippen LogP contribution in [0, 0.1) is 6.92 Å². The Bertz CT molecular complexity index is 883. The van der Waals surface area contributed by atoms with Gasteiger partial charge in [-0.05, 0) is 40.7 Å². The zero-order valence-electron chi connectivity index (χ0n) is 16.2. The maximum Gasteiger partial charge on any atom is 0.410 e. The van der Waals surface area contributed by atoms with Crippen LogP contribution in [0.5, 0.6) is 5.75 Å². The normalized spacial score (nSPS) is 20.1. The molecule has 1 aliphatic heterocycles. The van der Waals surface area contributed by atoms with Gasteiger partial charge in [0.15, 0.2) is 0 Å². The second-order valence-electron chi connectivity index (χ2n) is 7.92. The highest BCUT2D eigenvalue weighted by atomic mass is 16.6. The lowest BCUT2D eigenvalue weighted by Gasteiger charge is -2.26. The molecule has 3 rings (SSSR count). The Labute approximate surface area is 157 Å². The number of hydrogen-bond acceptors (Lipinski definition) is 5. The molecule has 2 aromatic heterocycles. The smallest absolute Gasteiger partial charge is 0.410 e. The minimum Gasteiger partial charge on any atom is -0.488 e. The highest BCUT2D eigenvalue weighted by molar-refractivity contribution is 5.97. The lowest BCUT2D eigenvalue weighted by atomic mass is 10.2. The Morgan fingerprint density at radius 2 is 2.04 bits per heavy atom. The van der Waals surface area contributed by atoms with Gasteiger partial charge in [0, 0.05) is 24.7 Å². The van der Waals surface area contributed by atoms with E-state index in [2.05, 4.69) is 5.10 Å². The molecule has 1 aliphatic rings. The molecule has 0 spiro atoms. The van der Waals surface area contributed by atoms with Crippen LogP contribution in [-0.4, -0.2) is 56.0 Å². The van der Waals surface area contributed by atoms with Crippen LogP contribution in [0.4, 0.5) is 4.79 Å². The molecule has 2 aromatic rings. The van der Waals surface area contributed by atoms with Gasteiger partial charge in [0.2, 0.25) is 0 Å². The lowest BCUT2D eigenvalue weighted by molar-refractivity contribution is 0.0224. The molecule has 2 atom stereocenters.